The monoisotopic (exact) mass is 498 g/mol. The van der Waals surface area contributed by atoms with Crippen molar-refractivity contribution in [3.8, 4) is 0 Å². The fraction of sp³-hybridized carbons (Fsp3) is 0.320. The maximum Gasteiger partial charge on any atom is 0.336 e. The first kappa shape index (κ1) is 28.1. The summed E-state index contributed by atoms with van der Waals surface area (Å²) < 4.78 is 2.09. The molecule has 11 nitrogen and oxygen atoms in total. The van der Waals surface area contributed by atoms with E-state index in [1.807, 2.05) is 32.0 Å². The molecule has 0 saturated heterocycles. The lowest BCUT2D eigenvalue weighted by molar-refractivity contribution is -0.170. The van der Waals surface area contributed by atoms with E-state index in [-0.39, 0.29) is 0 Å². The molecule has 0 aliphatic heterocycles. The van der Waals surface area contributed by atoms with Crippen molar-refractivity contribution >= 4 is 17.9 Å². The number of aliphatic hydroxyl groups is 1. The number of rotatable bonds is 12. The molecule has 0 amide bonds. The van der Waals surface area contributed by atoms with Crippen molar-refractivity contribution in [3.63, 3.8) is 0 Å². The highest BCUT2D eigenvalue weighted by molar-refractivity contribution is 5.88. The molecule has 1 aromatic carbocycles. The van der Waals surface area contributed by atoms with Gasteiger partial charge < -0.3 is 25.0 Å². The molecule has 3 rings (SSSR count). The number of aryl methyl sites for hydroxylation is 1. The van der Waals surface area contributed by atoms with Crippen LogP contribution < -0.4 is 0 Å². The van der Waals surface area contributed by atoms with Crippen LogP contribution in [0.25, 0.3) is 0 Å². The number of hydrogen-bond acceptors (Lipinski definition) is 7. The topological polar surface area (TPSA) is 166 Å². The predicted molar refractivity (Wildman–Crippen MR) is 129 cm³/mol. The average molecular weight is 499 g/mol. The Labute approximate surface area is 208 Å². The van der Waals surface area contributed by atoms with Gasteiger partial charge >= 0.3 is 17.9 Å². The van der Waals surface area contributed by atoms with Crippen molar-refractivity contribution in [2.75, 3.05) is 6.54 Å². The molecule has 0 aliphatic rings. The normalized spacial score (nSPS) is 11.0. The Kier molecular flexibility index (Phi) is 10.7. The molecular weight excluding hydrogens is 468 g/mol. The van der Waals surface area contributed by atoms with Crippen LogP contribution in [0.1, 0.15) is 29.7 Å². The molecule has 0 fully saturated rings. The molecule has 2 heterocycles. The van der Waals surface area contributed by atoms with Gasteiger partial charge in [-0.1, -0.05) is 30.3 Å². The fourth-order valence-corrected chi connectivity index (χ4v) is 3.37. The average Bonchev–Trinajstić information content (AvgIpc) is 3.22. The van der Waals surface area contributed by atoms with Gasteiger partial charge in [-0.05, 0) is 29.7 Å². The standard InChI is InChI=1S/C19H22N4.C6H8O7/c1-22-16-21-13-19(22)15-23(14-18-7-10-20-11-8-18)12-9-17-5-3-2-4-6-17;7-3(8)1-6(13,5(11)12)2-4(9)10/h2-8,10-11,13,16H,9,12,14-15H2,1H3;13H,1-2H2,(H,7,8)(H,9,10)(H,11,12). The van der Waals surface area contributed by atoms with E-state index >= 15 is 0 Å². The van der Waals surface area contributed by atoms with Crippen LogP contribution in [-0.2, 0) is 40.9 Å². The van der Waals surface area contributed by atoms with Gasteiger partial charge in [0.25, 0.3) is 0 Å². The molecule has 0 atom stereocenters. The highest BCUT2D eigenvalue weighted by Gasteiger charge is 2.40. The Morgan fingerprint density at radius 3 is 2.00 bits per heavy atom. The van der Waals surface area contributed by atoms with Gasteiger partial charge in [-0.3, -0.25) is 19.5 Å². The van der Waals surface area contributed by atoms with E-state index in [0.717, 1.165) is 26.1 Å². The minimum Gasteiger partial charge on any atom is -0.481 e. The maximum atomic E-state index is 10.3. The van der Waals surface area contributed by atoms with Crippen molar-refractivity contribution in [3.05, 3.63) is 84.2 Å². The van der Waals surface area contributed by atoms with Gasteiger partial charge in [0.05, 0.1) is 24.9 Å². The summed E-state index contributed by atoms with van der Waals surface area (Å²) in [6.45, 7) is 2.82. The number of carboxylic acids is 3. The molecule has 2 aromatic heterocycles. The van der Waals surface area contributed by atoms with Crippen LogP contribution >= 0.6 is 0 Å². The van der Waals surface area contributed by atoms with Crippen LogP contribution in [0, 0.1) is 0 Å². The first-order valence-electron chi connectivity index (χ1n) is 11.1. The summed E-state index contributed by atoms with van der Waals surface area (Å²) in [7, 11) is 2.05. The van der Waals surface area contributed by atoms with Crippen molar-refractivity contribution in [1.82, 2.24) is 19.4 Å². The second-order valence-electron chi connectivity index (χ2n) is 8.28. The molecule has 0 aliphatic carbocycles. The van der Waals surface area contributed by atoms with Crippen molar-refractivity contribution in [2.45, 2.75) is 38.0 Å². The highest BCUT2D eigenvalue weighted by atomic mass is 16.4. The van der Waals surface area contributed by atoms with Gasteiger partial charge in [0.1, 0.15) is 0 Å². The van der Waals surface area contributed by atoms with E-state index in [4.69, 9.17) is 20.4 Å². The lowest BCUT2D eigenvalue weighted by atomic mass is 9.96. The minimum atomic E-state index is -2.74. The SMILES string of the molecule is Cn1cncc1CN(CCc1ccccc1)Cc1ccncc1.O=C(O)CC(O)(CC(=O)O)C(=O)O. The largest absolute Gasteiger partial charge is 0.481 e. The summed E-state index contributed by atoms with van der Waals surface area (Å²) in [6, 6.07) is 14.8. The van der Waals surface area contributed by atoms with E-state index in [1.165, 1.54) is 16.8 Å². The van der Waals surface area contributed by atoms with Gasteiger partial charge in [-0.2, -0.15) is 0 Å². The van der Waals surface area contributed by atoms with Crippen LogP contribution in [0.4, 0.5) is 0 Å². The Balaban J connectivity index is 0.000000302. The van der Waals surface area contributed by atoms with Crippen LogP contribution in [0.2, 0.25) is 0 Å². The Morgan fingerprint density at radius 1 is 0.889 bits per heavy atom. The van der Waals surface area contributed by atoms with E-state index < -0.39 is 36.4 Å². The molecule has 36 heavy (non-hydrogen) atoms. The van der Waals surface area contributed by atoms with Gasteiger partial charge in [0.15, 0.2) is 5.60 Å². The quantitative estimate of drug-likeness (QED) is 0.289. The van der Waals surface area contributed by atoms with E-state index in [1.54, 1.807) is 0 Å². The first-order chi connectivity index (χ1) is 17.1. The molecule has 4 N–H and O–H groups in total. The third-order valence-electron chi connectivity index (χ3n) is 5.30. The maximum absolute atomic E-state index is 10.3. The predicted octanol–water partition coefficient (Wildman–Crippen LogP) is 1.81. The van der Waals surface area contributed by atoms with E-state index in [0.29, 0.717) is 0 Å². The summed E-state index contributed by atoms with van der Waals surface area (Å²) in [5, 5.41) is 33.8. The van der Waals surface area contributed by atoms with Crippen molar-refractivity contribution < 1.29 is 34.8 Å². The fourth-order valence-electron chi connectivity index (χ4n) is 3.37. The number of carbonyl (C=O) groups is 3. The molecule has 0 saturated carbocycles. The van der Waals surface area contributed by atoms with Gasteiger partial charge in [0, 0.05) is 45.3 Å². The van der Waals surface area contributed by atoms with Crippen LogP contribution in [-0.4, -0.2) is 69.9 Å². The molecule has 0 bridgehead atoms. The Hall–Kier alpha value is -4.09. The Bertz CT molecular complexity index is 1100. The number of imidazole rings is 1. The minimum absolute atomic E-state index is 0.895. The molecule has 0 radical (unpaired) electrons. The summed E-state index contributed by atoms with van der Waals surface area (Å²) in [6.07, 6.45) is 6.27. The molecule has 0 spiro atoms. The van der Waals surface area contributed by atoms with Crippen LogP contribution in [0.3, 0.4) is 0 Å². The van der Waals surface area contributed by atoms with E-state index in [2.05, 4.69) is 61.9 Å². The summed E-state index contributed by atoms with van der Waals surface area (Å²) in [4.78, 5) is 41.3. The zero-order valence-electron chi connectivity index (χ0n) is 19.9. The molecular formula is C25H30N4O7. The van der Waals surface area contributed by atoms with Gasteiger partial charge in [0.2, 0.25) is 0 Å². The van der Waals surface area contributed by atoms with Gasteiger partial charge in [-0.15, -0.1) is 0 Å². The number of aromatic nitrogens is 3. The van der Waals surface area contributed by atoms with Crippen molar-refractivity contribution in [2.24, 2.45) is 7.05 Å². The third-order valence-corrected chi connectivity index (χ3v) is 5.30. The van der Waals surface area contributed by atoms with Crippen LogP contribution in [0.15, 0.2) is 67.4 Å². The zero-order chi connectivity index (χ0) is 26.6. The first-order valence-corrected chi connectivity index (χ1v) is 11.1. The summed E-state index contributed by atoms with van der Waals surface area (Å²) >= 11 is 0. The van der Waals surface area contributed by atoms with Crippen LogP contribution in [0.5, 0.6) is 0 Å². The molecule has 11 heteroatoms. The number of carboxylic acid groups (broad SMARTS) is 3. The molecule has 3 aromatic rings. The lowest BCUT2D eigenvalue weighted by Crippen LogP contribution is -2.42. The number of pyridine rings is 1. The number of benzene rings is 1. The number of aliphatic carboxylic acids is 3. The Morgan fingerprint density at radius 2 is 1.50 bits per heavy atom. The smallest absolute Gasteiger partial charge is 0.336 e. The number of nitrogens with zero attached hydrogens (tertiary/aromatic N) is 4. The third kappa shape index (κ3) is 9.65. The summed E-state index contributed by atoms with van der Waals surface area (Å²) in [5.41, 5.74) is 1.15. The second kappa shape index (κ2) is 13.7. The molecule has 192 valence electrons. The molecule has 0 unspecified atom stereocenters. The summed E-state index contributed by atoms with van der Waals surface area (Å²) in [5.74, 6) is -5.02. The van der Waals surface area contributed by atoms with E-state index in [9.17, 15) is 14.4 Å². The lowest BCUT2D eigenvalue weighted by Gasteiger charge is -2.22. The van der Waals surface area contributed by atoms with Crippen molar-refractivity contribution in [1.29, 1.82) is 0 Å². The number of hydrogen-bond donors (Lipinski definition) is 4. The van der Waals surface area contributed by atoms with Gasteiger partial charge in [-0.25, -0.2) is 9.78 Å². The second-order valence-corrected chi connectivity index (χ2v) is 8.28. The highest BCUT2D eigenvalue weighted by Crippen LogP contribution is 2.16. The zero-order valence-corrected chi connectivity index (χ0v) is 19.9.